The van der Waals surface area contributed by atoms with Crippen LogP contribution in [0.4, 0.5) is 5.69 Å². The van der Waals surface area contributed by atoms with Gasteiger partial charge >= 0.3 is 0 Å². The van der Waals surface area contributed by atoms with Crippen LogP contribution < -0.4 is 14.4 Å². The highest BCUT2D eigenvalue weighted by molar-refractivity contribution is 7.92. The second-order valence-corrected chi connectivity index (χ2v) is 9.37. The van der Waals surface area contributed by atoms with Crippen LogP contribution in [0.5, 0.6) is 5.75 Å². The first-order valence-corrected chi connectivity index (χ1v) is 12.0. The van der Waals surface area contributed by atoms with Crippen LogP contribution >= 0.6 is 0 Å². The van der Waals surface area contributed by atoms with E-state index in [2.05, 4.69) is 11.4 Å². The second kappa shape index (κ2) is 9.98. The lowest BCUT2D eigenvalue weighted by Gasteiger charge is -2.32. The number of carbonyl (C=O) groups is 1. The van der Waals surface area contributed by atoms with Gasteiger partial charge in [0.15, 0.2) is 0 Å². The first-order chi connectivity index (χ1) is 14.1. The number of aryl methyl sites for hydroxylation is 2. The summed E-state index contributed by atoms with van der Waals surface area (Å²) in [6.07, 6.45) is 2.15. The Balaban J connectivity index is 2.39. The summed E-state index contributed by atoms with van der Waals surface area (Å²) in [5.74, 6) is 0.204. The molecule has 30 heavy (non-hydrogen) atoms. The Kier molecular flexibility index (Phi) is 7.89. The van der Waals surface area contributed by atoms with Gasteiger partial charge in [0.25, 0.3) is 0 Å². The van der Waals surface area contributed by atoms with Gasteiger partial charge in [-0.2, -0.15) is 0 Å². The van der Waals surface area contributed by atoms with E-state index in [9.17, 15) is 13.2 Å². The van der Waals surface area contributed by atoms with Crippen LogP contribution in [0.25, 0.3) is 0 Å². The molecule has 0 saturated carbocycles. The summed E-state index contributed by atoms with van der Waals surface area (Å²) in [6.45, 7) is 7.86. The lowest BCUT2D eigenvalue weighted by Crippen LogP contribution is -2.50. The number of hydrogen-bond donors (Lipinski definition) is 1. The molecule has 2 aromatic rings. The van der Waals surface area contributed by atoms with E-state index < -0.39 is 16.1 Å². The third-order valence-electron chi connectivity index (χ3n) is 5.16. The van der Waals surface area contributed by atoms with Crippen molar-refractivity contribution in [2.75, 3.05) is 17.7 Å². The van der Waals surface area contributed by atoms with E-state index in [4.69, 9.17) is 4.74 Å². The van der Waals surface area contributed by atoms with Gasteiger partial charge in [-0.15, -0.1) is 0 Å². The molecule has 0 spiro atoms. The summed E-state index contributed by atoms with van der Waals surface area (Å²) < 4.78 is 31.7. The Labute approximate surface area is 180 Å². The van der Waals surface area contributed by atoms with E-state index >= 15 is 0 Å². The predicted molar refractivity (Wildman–Crippen MR) is 121 cm³/mol. The number of benzene rings is 2. The van der Waals surface area contributed by atoms with Gasteiger partial charge < -0.3 is 10.1 Å². The summed E-state index contributed by atoms with van der Waals surface area (Å²) in [4.78, 5) is 13.3. The standard InChI is InChI=1S/C23H32N2O4S/c1-7-21(20-13-12-16(3)14-17(20)4)24-23(26)22(8-2)25(30(6,27)28)18-10-9-11-19(15-18)29-5/h9-15,21-22H,7-8H2,1-6H3,(H,24,26)/t21-,22-/m0/s1. The summed E-state index contributed by atoms with van der Waals surface area (Å²) in [5, 5.41) is 3.07. The molecule has 0 heterocycles. The van der Waals surface area contributed by atoms with Crippen molar-refractivity contribution in [2.45, 2.75) is 52.6 Å². The van der Waals surface area contributed by atoms with Crippen LogP contribution in [0.2, 0.25) is 0 Å². The summed E-state index contributed by atoms with van der Waals surface area (Å²) in [6, 6.07) is 11.8. The molecule has 6 nitrogen and oxygen atoms in total. The lowest BCUT2D eigenvalue weighted by atomic mass is 9.97. The summed E-state index contributed by atoms with van der Waals surface area (Å²) >= 11 is 0. The Morgan fingerprint density at radius 3 is 2.33 bits per heavy atom. The van der Waals surface area contributed by atoms with E-state index in [1.807, 2.05) is 32.9 Å². The van der Waals surface area contributed by atoms with E-state index in [-0.39, 0.29) is 11.9 Å². The number of ether oxygens (including phenoxy) is 1. The van der Waals surface area contributed by atoms with Crippen LogP contribution in [0.3, 0.4) is 0 Å². The first-order valence-electron chi connectivity index (χ1n) is 10.1. The third-order valence-corrected chi connectivity index (χ3v) is 6.34. The predicted octanol–water partition coefficient (Wildman–Crippen LogP) is 4.12. The number of amides is 1. The van der Waals surface area contributed by atoms with Gasteiger partial charge in [0.05, 0.1) is 25.1 Å². The van der Waals surface area contributed by atoms with Crippen molar-refractivity contribution in [1.29, 1.82) is 0 Å². The molecule has 0 aliphatic heterocycles. The van der Waals surface area contributed by atoms with Gasteiger partial charge in [-0.1, -0.05) is 43.7 Å². The molecule has 0 fully saturated rings. The Hall–Kier alpha value is -2.54. The van der Waals surface area contributed by atoms with Crippen LogP contribution in [0.1, 0.15) is 49.4 Å². The molecule has 2 atom stereocenters. The van der Waals surface area contributed by atoms with Gasteiger partial charge in [-0.25, -0.2) is 8.42 Å². The maximum absolute atomic E-state index is 13.3. The number of hydrogen-bond acceptors (Lipinski definition) is 4. The highest BCUT2D eigenvalue weighted by Crippen LogP contribution is 2.28. The normalized spacial score (nSPS) is 13.4. The van der Waals surface area contributed by atoms with Crippen molar-refractivity contribution < 1.29 is 17.9 Å². The highest BCUT2D eigenvalue weighted by Gasteiger charge is 2.32. The molecule has 1 N–H and O–H groups in total. The van der Waals surface area contributed by atoms with E-state index in [1.165, 1.54) is 11.4 Å². The number of anilines is 1. The van der Waals surface area contributed by atoms with Crippen molar-refractivity contribution in [3.05, 3.63) is 59.2 Å². The largest absolute Gasteiger partial charge is 0.497 e. The molecule has 0 saturated heterocycles. The molecule has 0 aliphatic rings. The van der Waals surface area contributed by atoms with Crippen molar-refractivity contribution in [3.8, 4) is 5.75 Å². The molecule has 0 radical (unpaired) electrons. The number of methoxy groups -OCH3 is 1. The quantitative estimate of drug-likeness (QED) is 0.647. The molecule has 0 aromatic heterocycles. The molecular weight excluding hydrogens is 400 g/mol. The van der Waals surface area contributed by atoms with Crippen LogP contribution in [0.15, 0.2) is 42.5 Å². The van der Waals surface area contributed by atoms with Gasteiger partial charge in [0.2, 0.25) is 15.9 Å². The average Bonchev–Trinajstić information content (AvgIpc) is 2.69. The maximum atomic E-state index is 13.3. The van der Waals surface area contributed by atoms with E-state index in [0.29, 0.717) is 24.3 Å². The minimum atomic E-state index is -3.70. The number of sulfonamides is 1. The molecular formula is C23H32N2O4S. The van der Waals surface area contributed by atoms with Crippen molar-refractivity contribution in [1.82, 2.24) is 5.32 Å². The fraction of sp³-hybridized carbons (Fsp3) is 0.435. The third kappa shape index (κ3) is 5.53. The Morgan fingerprint density at radius 1 is 1.10 bits per heavy atom. The van der Waals surface area contributed by atoms with Gasteiger partial charge in [-0.05, 0) is 49.9 Å². The van der Waals surface area contributed by atoms with Crippen molar-refractivity contribution >= 4 is 21.6 Å². The molecule has 0 aliphatic carbocycles. The van der Waals surface area contributed by atoms with Crippen LogP contribution in [-0.4, -0.2) is 33.7 Å². The molecule has 164 valence electrons. The van der Waals surface area contributed by atoms with Crippen LogP contribution in [-0.2, 0) is 14.8 Å². The zero-order valence-electron chi connectivity index (χ0n) is 18.6. The van der Waals surface area contributed by atoms with Gasteiger partial charge in [0.1, 0.15) is 11.8 Å². The van der Waals surface area contributed by atoms with Gasteiger partial charge in [0, 0.05) is 6.07 Å². The lowest BCUT2D eigenvalue weighted by molar-refractivity contribution is -0.123. The molecule has 2 aromatic carbocycles. The van der Waals surface area contributed by atoms with Crippen molar-refractivity contribution in [2.24, 2.45) is 0 Å². The molecule has 7 heteroatoms. The Bertz CT molecular complexity index is 988. The van der Waals surface area contributed by atoms with Crippen molar-refractivity contribution in [3.63, 3.8) is 0 Å². The molecule has 0 bridgehead atoms. The topological polar surface area (TPSA) is 75.7 Å². The SMILES string of the molecule is CC[C@H](NC(=O)[C@H](CC)N(c1cccc(OC)c1)S(C)(=O)=O)c1ccc(C)cc1C. The minimum absolute atomic E-state index is 0.195. The Morgan fingerprint density at radius 2 is 1.80 bits per heavy atom. The van der Waals surface area contributed by atoms with Gasteiger partial charge in [-0.3, -0.25) is 9.10 Å². The fourth-order valence-corrected chi connectivity index (χ4v) is 4.90. The zero-order chi connectivity index (χ0) is 22.5. The maximum Gasteiger partial charge on any atom is 0.244 e. The molecule has 0 unspecified atom stereocenters. The number of nitrogens with zero attached hydrogens (tertiary/aromatic N) is 1. The number of carbonyl (C=O) groups excluding carboxylic acids is 1. The number of nitrogens with one attached hydrogen (secondary N) is 1. The minimum Gasteiger partial charge on any atom is -0.497 e. The monoisotopic (exact) mass is 432 g/mol. The summed E-state index contributed by atoms with van der Waals surface area (Å²) in [7, 11) is -2.19. The second-order valence-electron chi connectivity index (χ2n) is 7.51. The molecule has 2 rings (SSSR count). The summed E-state index contributed by atoms with van der Waals surface area (Å²) in [5.41, 5.74) is 3.70. The number of rotatable bonds is 9. The average molecular weight is 433 g/mol. The highest BCUT2D eigenvalue weighted by atomic mass is 32.2. The smallest absolute Gasteiger partial charge is 0.244 e. The zero-order valence-corrected chi connectivity index (χ0v) is 19.4. The molecule has 1 amide bonds. The fourth-order valence-electron chi connectivity index (χ4n) is 3.69. The first kappa shape index (κ1) is 23.7. The van der Waals surface area contributed by atoms with Crippen LogP contribution in [0, 0.1) is 13.8 Å². The van der Waals surface area contributed by atoms with E-state index in [1.54, 1.807) is 31.2 Å². The van der Waals surface area contributed by atoms with E-state index in [0.717, 1.165) is 22.9 Å².